The van der Waals surface area contributed by atoms with Gasteiger partial charge in [-0.2, -0.15) is 0 Å². The van der Waals surface area contributed by atoms with Crippen LogP contribution in [-0.4, -0.2) is 31.6 Å². The van der Waals surface area contributed by atoms with Crippen molar-refractivity contribution in [3.05, 3.63) is 35.4 Å². The summed E-state index contributed by atoms with van der Waals surface area (Å²) >= 11 is 0. The minimum Gasteiger partial charge on any atom is -0.465 e. The molecule has 0 radical (unpaired) electrons. The van der Waals surface area contributed by atoms with Crippen LogP contribution in [0.5, 0.6) is 0 Å². The van der Waals surface area contributed by atoms with Crippen molar-refractivity contribution in [2.24, 2.45) is 0 Å². The summed E-state index contributed by atoms with van der Waals surface area (Å²) in [6, 6.07) is 7.95. The molecule has 0 saturated heterocycles. The van der Waals surface area contributed by atoms with Gasteiger partial charge in [0.05, 0.1) is 6.61 Å². The first-order chi connectivity index (χ1) is 9.01. The molecule has 3 heteroatoms. The zero-order valence-electron chi connectivity index (χ0n) is 12.6. The SMILES string of the molecule is CCOC(=O)C(c1ccc(C(C)CC)cc1)N(C)C. The van der Waals surface area contributed by atoms with Gasteiger partial charge in [0.2, 0.25) is 0 Å². The van der Waals surface area contributed by atoms with E-state index >= 15 is 0 Å². The Morgan fingerprint density at radius 1 is 1.16 bits per heavy atom. The molecule has 1 rings (SSSR count). The number of benzene rings is 1. The number of carbonyl (C=O) groups is 1. The maximum absolute atomic E-state index is 12.0. The maximum Gasteiger partial charge on any atom is 0.327 e. The Bertz CT molecular complexity index is 398. The van der Waals surface area contributed by atoms with Crippen LogP contribution in [0.4, 0.5) is 0 Å². The minimum atomic E-state index is -0.328. The van der Waals surface area contributed by atoms with Gasteiger partial charge in [0.1, 0.15) is 6.04 Å². The zero-order valence-corrected chi connectivity index (χ0v) is 12.6. The largest absolute Gasteiger partial charge is 0.465 e. The lowest BCUT2D eigenvalue weighted by atomic mass is 9.96. The smallest absolute Gasteiger partial charge is 0.327 e. The van der Waals surface area contributed by atoms with E-state index < -0.39 is 0 Å². The highest BCUT2D eigenvalue weighted by Crippen LogP contribution is 2.24. The lowest BCUT2D eigenvalue weighted by Gasteiger charge is -2.23. The summed E-state index contributed by atoms with van der Waals surface area (Å²) in [5.74, 6) is 0.359. The molecule has 0 aliphatic rings. The molecular weight excluding hydrogens is 238 g/mol. The van der Waals surface area contributed by atoms with Gasteiger partial charge in [0.25, 0.3) is 0 Å². The van der Waals surface area contributed by atoms with Gasteiger partial charge in [0, 0.05) is 0 Å². The number of esters is 1. The molecule has 1 aromatic carbocycles. The van der Waals surface area contributed by atoms with Gasteiger partial charge in [-0.15, -0.1) is 0 Å². The average molecular weight is 263 g/mol. The Balaban J connectivity index is 2.95. The predicted octanol–water partition coefficient (Wildman–Crippen LogP) is 3.37. The van der Waals surface area contributed by atoms with E-state index in [-0.39, 0.29) is 12.0 Å². The van der Waals surface area contributed by atoms with Crippen molar-refractivity contribution in [1.29, 1.82) is 0 Å². The molecule has 0 amide bonds. The van der Waals surface area contributed by atoms with Crippen LogP contribution in [0.15, 0.2) is 24.3 Å². The summed E-state index contributed by atoms with van der Waals surface area (Å²) < 4.78 is 5.14. The first-order valence-electron chi connectivity index (χ1n) is 6.94. The third-order valence-electron chi connectivity index (χ3n) is 3.46. The maximum atomic E-state index is 12.0. The van der Waals surface area contributed by atoms with Gasteiger partial charge >= 0.3 is 5.97 Å². The monoisotopic (exact) mass is 263 g/mol. The van der Waals surface area contributed by atoms with E-state index in [0.29, 0.717) is 12.5 Å². The summed E-state index contributed by atoms with van der Waals surface area (Å²) in [7, 11) is 3.79. The van der Waals surface area contributed by atoms with E-state index in [0.717, 1.165) is 12.0 Å². The second kappa shape index (κ2) is 7.29. The number of hydrogen-bond acceptors (Lipinski definition) is 3. The molecule has 0 aliphatic carbocycles. The number of nitrogens with zero attached hydrogens (tertiary/aromatic N) is 1. The van der Waals surface area contributed by atoms with Crippen molar-refractivity contribution in [3.8, 4) is 0 Å². The van der Waals surface area contributed by atoms with Gasteiger partial charge in [-0.05, 0) is 44.5 Å². The Labute approximate surface area is 116 Å². The van der Waals surface area contributed by atoms with Gasteiger partial charge in [-0.3, -0.25) is 4.90 Å². The molecule has 0 heterocycles. The van der Waals surface area contributed by atoms with Gasteiger partial charge < -0.3 is 4.74 Å². The van der Waals surface area contributed by atoms with E-state index in [1.807, 2.05) is 38.1 Å². The fraction of sp³-hybridized carbons (Fsp3) is 0.562. The van der Waals surface area contributed by atoms with Gasteiger partial charge in [-0.1, -0.05) is 38.1 Å². The first-order valence-corrected chi connectivity index (χ1v) is 6.94. The number of ether oxygens (including phenoxy) is 1. The van der Waals surface area contributed by atoms with Crippen LogP contribution >= 0.6 is 0 Å². The number of likely N-dealkylation sites (N-methyl/N-ethyl adjacent to an activating group) is 1. The Morgan fingerprint density at radius 2 is 1.68 bits per heavy atom. The Hall–Kier alpha value is -1.35. The lowest BCUT2D eigenvalue weighted by Crippen LogP contribution is -2.29. The van der Waals surface area contributed by atoms with Crippen LogP contribution in [0, 0.1) is 0 Å². The van der Waals surface area contributed by atoms with Gasteiger partial charge in [-0.25, -0.2) is 4.79 Å². The van der Waals surface area contributed by atoms with Crippen LogP contribution in [-0.2, 0) is 9.53 Å². The molecule has 0 fully saturated rings. The zero-order chi connectivity index (χ0) is 14.4. The highest BCUT2D eigenvalue weighted by molar-refractivity contribution is 5.77. The third kappa shape index (κ3) is 4.06. The van der Waals surface area contributed by atoms with Crippen molar-refractivity contribution in [2.45, 2.75) is 39.2 Å². The molecule has 0 aromatic heterocycles. The third-order valence-corrected chi connectivity index (χ3v) is 3.46. The number of hydrogen-bond donors (Lipinski definition) is 0. The van der Waals surface area contributed by atoms with Crippen LogP contribution in [0.25, 0.3) is 0 Å². The molecule has 19 heavy (non-hydrogen) atoms. The number of rotatable bonds is 6. The van der Waals surface area contributed by atoms with Crippen molar-refractivity contribution in [1.82, 2.24) is 4.90 Å². The predicted molar refractivity (Wildman–Crippen MR) is 78.2 cm³/mol. The summed E-state index contributed by atoms with van der Waals surface area (Å²) in [5, 5.41) is 0. The van der Waals surface area contributed by atoms with Crippen LogP contribution in [0.2, 0.25) is 0 Å². The molecule has 0 bridgehead atoms. The molecule has 3 nitrogen and oxygen atoms in total. The quantitative estimate of drug-likeness (QED) is 0.737. The number of carbonyl (C=O) groups excluding carboxylic acids is 1. The first kappa shape index (κ1) is 15.7. The lowest BCUT2D eigenvalue weighted by molar-refractivity contribution is -0.148. The van der Waals surface area contributed by atoms with Gasteiger partial charge in [0.15, 0.2) is 0 Å². The van der Waals surface area contributed by atoms with E-state index in [2.05, 4.69) is 26.0 Å². The highest BCUT2D eigenvalue weighted by Gasteiger charge is 2.24. The van der Waals surface area contributed by atoms with Crippen LogP contribution < -0.4 is 0 Å². The molecule has 0 N–H and O–H groups in total. The Morgan fingerprint density at radius 3 is 2.11 bits per heavy atom. The van der Waals surface area contributed by atoms with Crippen molar-refractivity contribution in [2.75, 3.05) is 20.7 Å². The van der Waals surface area contributed by atoms with E-state index in [9.17, 15) is 4.79 Å². The summed E-state index contributed by atoms with van der Waals surface area (Å²) in [6.45, 7) is 6.63. The molecule has 2 unspecified atom stereocenters. The molecule has 0 aliphatic heterocycles. The highest BCUT2D eigenvalue weighted by atomic mass is 16.5. The molecular formula is C16H25NO2. The van der Waals surface area contributed by atoms with E-state index in [1.165, 1.54) is 5.56 Å². The normalized spacial score (nSPS) is 14.2. The second-order valence-electron chi connectivity index (χ2n) is 5.09. The fourth-order valence-corrected chi connectivity index (χ4v) is 2.11. The second-order valence-corrected chi connectivity index (χ2v) is 5.09. The molecule has 106 valence electrons. The topological polar surface area (TPSA) is 29.5 Å². The van der Waals surface area contributed by atoms with Crippen LogP contribution in [0.3, 0.4) is 0 Å². The molecule has 1 aromatic rings. The van der Waals surface area contributed by atoms with Crippen molar-refractivity contribution in [3.63, 3.8) is 0 Å². The van der Waals surface area contributed by atoms with E-state index in [1.54, 1.807) is 0 Å². The summed E-state index contributed by atoms with van der Waals surface area (Å²) in [4.78, 5) is 13.9. The molecule has 2 atom stereocenters. The van der Waals surface area contributed by atoms with E-state index in [4.69, 9.17) is 4.74 Å². The fourth-order valence-electron chi connectivity index (χ4n) is 2.11. The Kier molecular flexibility index (Phi) is 6.03. The van der Waals surface area contributed by atoms with Crippen molar-refractivity contribution < 1.29 is 9.53 Å². The average Bonchev–Trinajstić information content (AvgIpc) is 2.38. The van der Waals surface area contributed by atoms with Crippen LogP contribution in [0.1, 0.15) is 50.3 Å². The standard InChI is InChI=1S/C16H25NO2/c1-6-12(3)13-8-10-14(11-9-13)15(17(4)5)16(18)19-7-2/h8-12,15H,6-7H2,1-5H3. The molecule has 0 spiro atoms. The summed E-state index contributed by atoms with van der Waals surface area (Å²) in [5.41, 5.74) is 2.29. The molecule has 0 saturated carbocycles. The van der Waals surface area contributed by atoms with Crippen molar-refractivity contribution >= 4 is 5.97 Å². The minimum absolute atomic E-state index is 0.191. The summed E-state index contributed by atoms with van der Waals surface area (Å²) in [6.07, 6.45) is 1.12.